The summed E-state index contributed by atoms with van der Waals surface area (Å²) in [7, 11) is 0. The first-order valence-corrected chi connectivity index (χ1v) is 8.46. The molecule has 1 aliphatic rings. The van der Waals surface area contributed by atoms with Crippen LogP contribution < -0.4 is 4.74 Å². The number of benzene rings is 2. The molecule has 5 nitrogen and oxygen atoms in total. The number of hydrogen-bond acceptors (Lipinski definition) is 3. The maximum atomic E-state index is 11.1. The topological polar surface area (TPSA) is 70.0 Å². The Bertz CT molecular complexity index is 733. The van der Waals surface area contributed by atoms with Crippen LogP contribution in [0.15, 0.2) is 54.6 Å². The van der Waals surface area contributed by atoms with E-state index in [1.165, 1.54) is 4.90 Å². The van der Waals surface area contributed by atoms with Crippen molar-refractivity contribution >= 4 is 6.09 Å². The van der Waals surface area contributed by atoms with Gasteiger partial charge in [0.25, 0.3) is 0 Å². The van der Waals surface area contributed by atoms with Crippen LogP contribution in [-0.2, 0) is 12.2 Å². The van der Waals surface area contributed by atoms with Gasteiger partial charge in [-0.15, -0.1) is 0 Å². The number of rotatable bonds is 4. The van der Waals surface area contributed by atoms with Gasteiger partial charge in [-0.25, -0.2) is 4.79 Å². The molecule has 5 heteroatoms. The Morgan fingerprint density at radius 3 is 2.68 bits per heavy atom. The lowest BCUT2D eigenvalue weighted by Gasteiger charge is -2.42. The van der Waals surface area contributed by atoms with E-state index in [9.17, 15) is 9.90 Å². The minimum absolute atomic E-state index is 0.193. The van der Waals surface area contributed by atoms with Crippen molar-refractivity contribution < 1.29 is 19.7 Å². The zero-order chi connectivity index (χ0) is 17.9. The van der Waals surface area contributed by atoms with Crippen LogP contribution in [0.4, 0.5) is 4.79 Å². The van der Waals surface area contributed by atoms with E-state index in [1.54, 1.807) is 0 Å². The minimum atomic E-state index is -1.04. The lowest BCUT2D eigenvalue weighted by atomic mass is 9.77. The van der Waals surface area contributed by atoms with Crippen molar-refractivity contribution in [2.24, 2.45) is 5.92 Å². The Kier molecular flexibility index (Phi) is 4.95. The third kappa shape index (κ3) is 3.77. The van der Waals surface area contributed by atoms with Gasteiger partial charge in [-0.3, -0.25) is 0 Å². The van der Waals surface area contributed by atoms with Gasteiger partial charge in [0.1, 0.15) is 12.4 Å². The fraction of sp³-hybridized carbons (Fsp3) is 0.350. The van der Waals surface area contributed by atoms with Crippen molar-refractivity contribution in [3.05, 3.63) is 65.7 Å². The van der Waals surface area contributed by atoms with Crippen LogP contribution in [0.3, 0.4) is 0 Å². The van der Waals surface area contributed by atoms with Crippen LogP contribution >= 0.6 is 0 Å². The molecule has 1 saturated heterocycles. The van der Waals surface area contributed by atoms with Crippen LogP contribution in [0.1, 0.15) is 24.5 Å². The van der Waals surface area contributed by atoms with E-state index in [-0.39, 0.29) is 5.92 Å². The second kappa shape index (κ2) is 7.15. The Balaban J connectivity index is 1.73. The summed E-state index contributed by atoms with van der Waals surface area (Å²) < 4.78 is 5.85. The van der Waals surface area contributed by atoms with E-state index < -0.39 is 11.7 Å². The molecular formula is C20H23NO4. The molecule has 2 aromatic carbocycles. The summed E-state index contributed by atoms with van der Waals surface area (Å²) in [5, 5.41) is 20.3. The molecule has 0 radical (unpaired) electrons. The largest absolute Gasteiger partial charge is 0.489 e. The molecule has 0 bridgehead atoms. The SMILES string of the molecule is CC1CN(C(=O)O)CCC1(O)c1cccc(OCc2ccccc2)c1. The number of ether oxygens (including phenoxy) is 1. The summed E-state index contributed by atoms with van der Waals surface area (Å²) in [6.07, 6.45) is -0.559. The van der Waals surface area contributed by atoms with Crippen LogP contribution in [0.5, 0.6) is 5.75 Å². The number of aliphatic hydroxyl groups is 1. The Labute approximate surface area is 147 Å². The fourth-order valence-electron chi connectivity index (χ4n) is 3.32. The lowest BCUT2D eigenvalue weighted by Crippen LogP contribution is -2.50. The smallest absolute Gasteiger partial charge is 0.407 e. The standard InChI is InChI=1S/C20H23NO4/c1-15-13-21(19(22)23)11-10-20(15,24)17-8-5-9-18(12-17)25-14-16-6-3-2-4-7-16/h2-9,12,15,24H,10-11,13-14H2,1H3,(H,22,23). The molecule has 1 amide bonds. The van der Waals surface area contributed by atoms with Crippen molar-refractivity contribution in [3.63, 3.8) is 0 Å². The van der Waals surface area contributed by atoms with Gasteiger partial charge in [0.15, 0.2) is 0 Å². The van der Waals surface area contributed by atoms with Gasteiger partial charge in [-0.05, 0) is 29.7 Å². The highest BCUT2D eigenvalue weighted by atomic mass is 16.5. The normalized spacial score (nSPS) is 23.3. The average molecular weight is 341 g/mol. The Hall–Kier alpha value is -2.53. The lowest BCUT2D eigenvalue weighted by molar-refractivity contribution is -0.0655. The predicted octanol–water partition coefficient (Wildman–Crippen LogP) is 3.47. The summed E-state index contributed by atoms with van der Waals surface area (Å²) in [5.41, 5.74) is 0.809. The first kappa shape index (κ1) is 17.3. The second-order valence-corrected chi connectivity index (χ2v) is 6.61. The van der Waals surface area contributed by atoms with Gasteiger partial charge in [-0.1, -0.05) is 49.4 Å². The van der Waals surface area contributed by atoms with E-state index >= 15 is 0 Å². The van der Waals surface area contributed by atoms with Gasteiger partial charge in [-0.2, -0.15) is 0 Å². The highest BCUT2D eigenvalue weighted by Crippen LogP contribution is 2.38. The molecule has 1 aliphatic heterocycles. The molecule has 0 aromatic heterocycles. The minimum Gasteiger partial charge on any atom is -0.489 e. The highest BCUT2D eigenvalue weighted by molar-refractivity contribution is 5.65. The number of hydrogen-bond donors (Lipinski definition) is 2. The van der Waals surface area contributed by atoms with Crippen LogP contribution in [0, 0.1) is 5.92 Å². The molecule has 0 spiro atoms. The molecule has 2 aromatic rings. The van der Waals surface area contributed by atoms with E-state index in [0.717, 1.165) is 11.1 Å². The van der Waals surface area contributed by atoms with Gasteiger partial charge < -0.3 is 19.8 Å². The van der Waals surface area contributed by atoms with Crippen LogP contribution in [0.2, 0.25) is 0 Å². The predicted molar refractivity (Wildman–Crippen MR) is 94.5 cm³/mol. The van der Waals surface area contributed by atoms with Crippen LogP contribution in [-0.4, -0.2) is 34.3 Å². The van der Waals surface area contributed by atoms with Crippen molar-refractivity contribution in [3.8, 4) is 5.75 Å². The molecule has 25 heavy (non-hydrogen) atoms. The molecule has 2 N–H and O–H groups in total. The van der Waals surface area contributed by atoms with Gasteiger partial charge in [0.05, 0.1) is 5.60 Å². The Morgan fingerprint density at radius 2 is 2.00 bits per heavy atom. The number of carboxylic acid groups (broad SMARTS) is 1. The number of nitrogens with zero attached hydrogens (tertiary/aromatic N) is 1. The number of carbonyl (C=O) groups is 1. The average Bonchev–Trinajstić information content (AvgIpc) is 2.63. The summed E-state index contributed by atoms with van der Waals surface area (Å²) in [4.78, 5) is 12.5. The quantitative estimate of drug-likeness (QED) is 0.893. The third-order valence-electron chi connectivity index (χ3n) is 4.93. The molecule has 2 unspecified atom stereocenters. The third-order valence-corrected chi connectivity index (χ3v) is 4.93. The molecule has 132 valence electrons. The molecule has 2 atom stereocenters. The zero-order valence-electron chi connectivity index (χ0n) is 14.3. The van der Waals surface area contributed by atoms with Gasteiger partial charge >= 0.3 is 6.09 Å². The molecule has 1 fully saturated rings. The van der Waals surface area contributed by atoms with Crippen molar-refractivity contribution in [1.82, 2.24) is 4.90 Å². The van der Waals surface area contributed by atoms with E-state index in [0.29, 0.717) is 31.9 Å². The summed E-state index contributed by atoms with van der Waals surface area (Å²) >= 11 is 0. The fourth-order valence-corrected chi connectivity index (χ4v) is 3.32. The van der Waals surface area contributed by atoms with E-state index in [1.807, 2.05) is 61.5 Å². The number of amides is 1. The molecule has 1 heterocycles. The van der Waals surface area contributed by atoms with E-state index in [4.69, 9.17) is 9.84 Å². The van der Waals surface area contributed by atoms with Crippen molar-refractivity contribution in [2.75, 3.05) is 13.1 Å². The van der Waals surface area contributed by atoms with Crippen molar-refractivity contribution in [2.45, 2.75) is 25.6 Å². The van der Waals surface area contributed by atoms with E-state index in [2.05, 4.69) is 0 Å². The van der Waals surface area contributed by atoms with Gasteiger partial charge in [0, 0.05) is 19.0 Å². The number of likely N-dealkylation sites (tertiary alicyclic amines) is 1. The molecule has 0 aliphatic carbocycles. The highest BCUT2D eigenvalue weighted by Gasteiger charge is 2.41. The molecule has 0 saturated carbocycles. The summed E-state index contributed by atoms with van der Waals surface area (Å²) in [6, 6.07) is 17.4. The zero-order valence-corrected chi connectivity index (χ0v) is 14.3. The maximum absolute atomic E-state index is 11.1. The molecule has 3 rings (SSSR count). The van der Waals surface area contributed by atoms with Crippen molar-refractivity contribution in [1.29, 1.82) is 0 Å². The van der Waals surface area contributed by atoms with Gasteiger partial charge in [0.2, 0.25) is 0 Å². The summed E-state index contributed by atoms with van der Waals surface area (Å²) in [5.74, 6) is 0.504. The second-order valence-electron chi connectivity index (χ2n) is 6.61. The number of piperidine rings is 1. The Morgan fingerprint density at radius 1 is 1.24 bits per heavy atom. The maximum Gasteiger partial charge on any atom is 0.407 e. The summed E-state index contributed by atoms with van der Waals surface area (Å²) in [6.45, 7) is 2.99. The van der Waals surface area contributed by atoms with Crippen LogP contribution in [0.25, 0.3) is 0 Å². The first-order chi connectivity index (χ1) is 12.0. The first-order valence-electron chi connectivity index (χ1n) is 8.46. The monoisotopic (exact) mass is 341 g/mol. The molecular weight excluding hydrogens is 318 g/mol.